The van der Waals surface area contributed by atoms with Crippen LogP contribution in [-0.2, 0) is 16.4 Å². The topological polar surface area (TPSA) is 89.8 Å². The molecule has 0 heterocycles. The summed E-state index contributed by atoms with van der Waals surface area (Å²) in [6.07, 6.45) is 2.96. The van der Waals surface area contributed by atoms with Gasteiger partial charge >= 0.3 is 0 Å². The molecule has 1 saturated carbocycles. The van der Waals surface area contributed by atoms with Crippen molar-refractivity contribution < 1.29 is 18.1 Å². The Balaban J connectivity index is 1.98. The molecule has 0 radical (unpaired) electrons. The highest BCUT2D eigenvalue weighted by molar-refractivity contribution is 7.90. The minimum absolute atomic E-state index is 0.0480. The van der Waals surface area contributed by atoms with Crippen LogP contribution in [0.5, 0.6) is 5.75 Å². The number of methoxy groups -OCH3 is 1. The fraction of sp³-hybridized carbons (Fsp3) is 0.333. The molecule has 2 aromatic carbocycles. The SMILES string of the molecule is COc1ccc(CN(c2ccc(S(C)(=O)=O)cc2[N+](=O)[O-])C2CC2)cc1. The van der Waals surface area contributed by atoms with Crippen LogP contribution in [0.25, 0.3) is 0 Å². The molecule has 26 heavy (non-hydrogen) atoms. The summed E-state index contributed by atoms with van der Waals surface area (Å²) >= 11 is 0. The predicted octanol–water partition coefficient (Wildman–Crippen LogP) is 3.18. The first-order chi connectivity index (χ1) is 12.3. The first-order valence-electron chi connectivity index (χ1n) is 8.17. The van der Waals surface area contributed by atoms with Crippen LogP contribution in [0.4, 0.5) is 11.4 Å². The molecular formula is C18H20N2O5S. The molecule has 0 bridgehead atoms. The zero-order valence-corrected chi connectivity index (χ0v) is 15.4. The van der Waals surface area contributed by atoms with Gasteiger partial charge in [0.1, 0.15) is 11.4 Å². The molecule has 1 aliphatic rings. The average Bonchev–Trinajstić information content (AvgIpc) is 3.44. The predicted molar refractivity (Wildman–Crippen MR) is 98.4 cm³/mol. The smallest absolute Gasteiger partial charge is 0.293 e. The Morgan fingerprint density at radius 3 is 2.35 bits per heavy atom. The third kappa shape index (κ3) is 3.96. The standard InChI is InChI=1S/C18H20N2O5S/c1-25-15-7-3-13(4-8-15)12-19(14-5-6-14)17-10-9-16(26(2,23)24)11-18(17)20(21)22/h3-4,7-11,14H,5-6,12H2,1-2H3. The third-order valence-corrected chi connectivity index (χ3v) is 5.49. The van der Waals surface area contributed by atoms with Gasteiger partial charge in [0.2, 0.25) is 0 Å². The normalized spacial score (nSPS) is 14.1. The van der Waals surface area contributed by atoms with E-state index in [4.69, 9.17) is 4.74 Å². The Morgan fingerprint density at radius 2 is 1.85 bits per heavy atom. The summed E-state index contributed by atoms with van der Waals surface area (Å²) in [7, 11) is -1.91. The molecule has 0 aromatic heterocycles. The van der Waals surface area contributed by atoms with Crippen molar-refractivity contribution in [2.75, 3.05) is 18.3 Å². The lowest BCUT2D eigenvalue weighted by atomic mass is 10.1. The molecule has 2 aromatic rings. The molecule has 0 atom stereocenters. The molecule has 0 amide bonds. The second-order valence-electron chi connectivity index (χ2n) is 6.39. The number of anilines is 1. The van der Waals surface area contributed by atoms with Gasteiger partial charge in [0.25, 0.3) is 5.69 Å². The van der Waals surface area contributed by atoms with Crippen molar-refractivity contribution in [3.8, 4) is 5.75 Å². The summed E-state index contributed by atoms with van der Waals surface area (Å²) in [5.74, 6) is 0.746. The Bertz CT molecular complexity index is 921. The number of hydrogen-bond donors (Lipinski definition) is 0. The van der Waals surface area contributed by atoms with E-state index in [-0.39, 0.29) is 16.6 Å². The number of rotatable bonds is 7. The van der Waals surface area contributed by atoms with E-state index in [1.54, 1.807) is 7.11 Å². The first kappa shape index (κ1) is 18.2. The highest BCUT2D eigenvalue weighted by Crippen LogP contribution is 2.39. The number of hydrogen-bond acceptors (Lipinski definition) is 6. The largest absolute Gasteiger partial charge is 0.497 e. The van der Waals surface area contributed by atoms with Gasteiger partial charge in [-0.1, -0.05) is 12.1 Å². The van der Waals surface area contributed by atoms with E-state index in [2.05, 4.69) is 0 Å². The molecule has 1 aliphatic carbocycles. The quantitative estimate of drug-likeness (QED) is 0.545. The van der Waals surface area contributed by atoms with Gasteiger partial charge in [-0.05, 0) is 42.7 Å². The van der Waals surface area contributed by atoms with Crippen LogP contribution in [0, 0.1) is 10.1 Å². The number of benzene rings is 2. The summed E-state index contributed by atoms with van der Waals surface area (Å²) < 4.78 is 28.6. The van der Waals surface area contributed by atoms with Gasteiger partial charge in [-0.15, -0.1) is 0 Å². The maximum Gasteiger partial charge on any atom is 0.293 e. The Morgan fingerprint density at radius 1 is 1.19 bits per heavy atom. The van der Waals surface area contributed by atoms with E-state index < -0.39 is 14.8 Å². The van der Waals surface area contributed by atoms with Crippen LogP contribution in [0.1, 0.15) is 18.4 Å². The molecule has 0 spiro atoms. The first-order valence-corrected chi connectivity index (χ1v) is 10.1. The van der Waals surface area contributed by atoms with Crippen LogP contribution in [-0.4, -0.2) is 32.7 Å². The van der Waals surface area contributed by atoms with Gasteiger partial charge < -0.3 is 9.64 Å². The average molecular weight is 376 g/mol. The molecule has 3 rings (SSSR count). The molecule has 0 saturated heterocycles. The maximum atomic E-state index is 11.7. The third-order valence-electron chi connectivity index (χ3n) is 4.38. The van der Waals surface area contributed by atoms with Gasteiger partial charge in [-0.25, -0.2) is 8.42 Å². The van der Waals surface area contributed by atoms with Crippen molar-refractivity contribution in [2.24, 2.45) is 0 Å². The number of nitro benzene ring substituents is 1. The monoisotopic (exact) mass is 376 g/mol. The molecule has 0 aliphatic heterocycles. The van der Waals surface area contributed by atoms with Crippen molar-refractivity contribution in [1.29, 1.82) is 0 Å². The van der Waals surface area contributed by atoms with Gasteiger partial charge in [0.15, 0.2) is 9.84 Å². The Labute approximate surface area is 152 Å². The molecule has 8 heteroatoms. The van der Waals surface area contributed by atoms with Gasteiger partial charge in [0.05, 0.1) is 16.9 Å². The molecule has 0 N–H and O–H groups in total. The lowest BCUT2D eigenvalue weighted by Gasteiger charge is -2.25. The second-order valence-corrected chi connectivity index (χ2v) is 8.40. The molecule has 0 unspecified atom stereocenters. The molecule has 1 fully saturated rings. The van der Waals surface area contributed by atoms with E-state index in [0.717, 1.165) is 36.5 Å². The highest BCUT2D eigenvalue weighted by Gasteiger charge is 2.33. The van der Waals surface area contributed by atoms with Gasteiger partial charge in [-0.3, -0.25) is 10.1 Å². The van der Waals surface area contributed by atoms with Crippen LogP contribution in [0.15, 0.2) is 47.4 Å². The number of nitro groups is 1. The summed E-state index contributed by atoms with van der Waals surface area (Å²) in [6.45, 7) is 0.508. The van der Waals surface area contributed by atoms with Crippen LogP contribution >= 0.6 is 0 Å². The minimum atomic E-state index is -3.51. The van der Waals surface area contributed by atoms with E-state index in [1.807, 2.05) is 29.2 Å². The van der Waals surface area contributed by atoms with Gasteiger partial charge in [-0.2, -0.15) is 0 Å². The van der Waals surface area contributed by atoms with Crippen LogP contribution < -0.4 is 9.64 Å². The minimum Gasteiger partial charge on any atom is -0.497 e. The number of sulfone groups is 1. The number of ether oxygens (including phenoxy) is 1. The summed E-state index contributed by atoms with van der Waals surface area (Å²) in [5.41, 5.74) is 1.26. The molecule has 138 valence electrons. The highest BCUT2D eigenvalue weighted by atomic mass is 32.2. The van der Waals surface area contributed by atoms with Crippen molar-refractivity contribution >= 4 is 21.2 Å². The second kappa shape index (κ2) is 6.95. The van der Waals surface area contributed by atoms with E-state index in [9.17, 15) is 18.5 Å². The van der Waals surface area contributed by atoms with Gasteiger partial charge in [0, 0.05) is 24.9 Å². The summed E-state index contributed by atoms with van der Waals surface area (Å²) in [6, 6.07) is 11.9. The van der Waals surface area contributed by atoms with Crippen molar-refractivity contribution in [2.45, 2.75) is 30.3 Å². The van der Waals surface area contributed by atoms with E-state index >= 15 is 0 Å². The van der Waals surface area contributed by atoms with Crippen molar-refractivity contribution in [3.05, 3.63) is 58.1 Å². The van der Waals surface area contributed by atoms with E-state index in [0.29, 0.717) is 12.2 Å². The molecular weight excluding hydrogens is 356 g/mol. The fourth-order valence-corrected chi connectivity index (χ4v) is 3.49. The Hall–Kier alpha value is -2.61. The number of nitrogens with zero attached hydrogens (tertiary/aromatic N) is 2. The van der Waals surface area contributed by atoms with Crippen LogP contribution in [0.3, 0.4) is 0 Å². The lowest BCUT2D eigenvalue weighted by molar-refractivity contribution is -0.384. The fourth-order valence-electron chi connectivity index (χ4n) is 2.85. The van der Waals surface area contributed by atoms with Crippen LogP contribution in [0.2, 0.25) is 0 Å². The summed E-state index contributed by atoms with van der Waals surface area (Å²) in [5, 5.41) is 11.6. The zero-order chi connectivity index (χ0) is 18.9. The summed E-state index contributed by atoms with van der Waals surface area (Å²) in [4.78, 5) is 13.0. The lowest BCUT2D eigenvalue weighted by Crippen LogP contribution is -2.26. The zero-order valence-electron chi connectivity index (χ0n) is 14.6. The Kier molecular flexibility index (Phi) is 4.86. The molecule has 7 nitrogen and oxygen atoms in total. The van der Waals surface area contributed by atoms with E-state index in [1.165, 1.54) is 12.1 Å². The van der Waals surface area contributed by atoms with Crippen molar-refractivity contribution in [1.82, 2.24) is 0 Å². The maximum absolute atomic E-state index is 11.7. The van der Waals surface area contributed by atoms with Crippen molar-refractivity contribution in [3.63, 3.8) is 0 Å².